The molecule has 1 amide bonds. The van der Waals surface area contributed by atoms with Crippen LogP contribution in [0.5, 0.6) is 0 Å². The van der Waals surface area contributed by atoms with E-state index >= 15 is 4.39 Å². The van der Waals surface area contributed by atoms with Crippen LogP contribution < -0.4 is 16.4 Å². The van der Waals surface area contributed by atoms with Crippen LogP contribution in [0.4, 0.5) is 30.7 Å². The molecule has 3 rings (SSSR count). The zero-order chi connectivity index (χ0) is 38.0. The lowest BCUT2D eigenvalue weighted by Crippen LogP contribution is -2.41. The largest absolute Gasteiger partial charge is 0.481 e. The highest BCUT2D eigenvalue weighted by Gasteiger charge is 2.38. The van der Waals surface area contributed by atoms with E-state index in [0.29, 0.717) is 6.07 Å². The van der Waals surface area contributed by atoms with Gasteiger partial charge in [-0.25, -0.2) is 4.39 Å². The fourth-order valence-electron chi connectivity index (χ4n) is 5.64. The molecule has 1 aromatic carbocycles. The Morgan fingerprint density at radius 2 is 1.56 bits per heavy atom. The number of carbonyl (C=O) groups excluding carboxylic acids is 1. The van der Waals surface area contributed by atoms with Gasteiger partial charge in [0.1, 0.15) is 11.9 Å². The first kappa shape index (κ1) is 40.0. The molecule has 0 aliphatic rings. The van der Waals surface area contributed by atoms with Gasteiger partial charge in [0, 0.05) is 37.1 Å². The van der Waals surface area contributed by atoms with E-state index in [4.69, 9.17) is 0 Å². The molecule has 0 aliphatic heterocycles. The van der Waals surface area contributed by atoms with Crippen molar-refractivity contribution in [2.24, 2.45) is 13.0 Å². The highest BCUT2D eigenvalue weighted by molar-refractivity contribution is 5.82. The van der Waals surface area contributed by atoms with Crippen molar-refractivity contribution in [3.8, 4) is 11.1 Å². The Balaban J connectivity index is 2.23. The van der Waals surface area contributed by atoms with Gasteiger partial charge in [0.15, 0.2) is 0 Å². The molecular weight excluding hydrogens is 677 g/mol. The maximum absolute atomic E-state index is 15.8. The van der Waals surface area contributed by atoms with Crippen LogP contribution in [-0.4, -0.2) is 51.7 Å². The van der Waals surface area contributed by atoms with Crippen LogP contribution in [0, 0.1) is 25.6 Å². The van der Waals surface area contributed by atoms with E-state index < -0.39 is 81.9 Å². The van der Waals surface area contributed by atoms with E-state index in [1.807, 2.05) is 0 Å². The van der Waals surface area contributed by atoms with Gasteiger partial charge >= 0.3 is 18.3 Å². The van der Waals surface area contributed by atoms with Crippen LogP contribution in [0.1, 0.15) is 72.3 Å². The third-order valence-electron chi connectivity index (χ3n) is 8.25. The average molecular weight is 717 g/mol. The number of aliphatic carboxylic acids is 1. The normalized spacial score (nSPS) is 13.5. The van der Waals surface area contributed by atoms with E-state index in [9.17, 15) is 50.6 Å². The minimum absolute atomic E-state index is 0.0132. The summed E-state index contributed by atoms with van der Waals surface area (Å²) in [6.07, 6.45) is -10.2. The van der Waals surface area contributed by atoms with Crippen LogP contribution in [0.15, 0.2) is 40.1 Å². The Morgan fingerprint density at radius 3 is 2.08 bits per heavy atom. The maximum Gasteiger partial charge on any atom is 0.417 e. The highest BCUT2D eigenvalue weighted by Crippen LogP contribution is 2.38. The number of carbonyl (C=O) groups is 2. The zero-order valence-corrected chi connectivity index (χ0v) is 28.5. The summed E-state index contributed by atoms with van der Waals surface area (Å²) in [6, 6.07) is -0.246. The number of nitrogens with one attached hydrogen (secondary N) is 1. The van der Waals surface area contributed by atoms with Crippen molar-refractivity contribution in [3.05, 3.63) is 90.5 Å². The summed E-state index contributed by atoms with van der Waals surface area (Å²) in [5.41, 5.74) is -7.03. The van der Waals surface area contributed by atoms with E-state index in [0.717, 1.165) is 33.5 Å². The first-order valence-electron chi connectivity index (χ1n) is 15.5. The fourth-order valence-corrected chi connectivity index (χ4v) is 5.64. The second-order valence-corrected chi connectivity index (χ2v) is 12.9. The van der Waals surface area contributed by atoms with Gasteiger partial charge in [-0.05, 0) is 81.6 Å². The van der Waals surface area contributed by atoms with Crippen molar-refractivity contribution in [1.29, 1.82) is 0 Å². The molecule has 0 unspecified atom stereocenters. The number of amides is 1. The Kier molecular flexibility index (Phi) is 12.1. The van der Waals surface area contributed by atoms with Crippen LogP contribution in [0.25, 0.3) is 11.1 Å². The lowest BCUT2D eigenvalue weighted by atomic mass is 9.92. The minimum atomic E-state index is -5.00. The molecule has 2 atom stereocenters. The van der Waals surface area contributed by atoms with Crippen molar-refractivity contribution in [2.75, 3.05) is 20.6 Å². The molecule has 16 heteroatoms. The van der Waals surface area contributed by atoms with Gasteiger partial charge in [-0.3, -0.25) is 19.2 Å². The van der Waals surface area contributed by atoms with Crippen LogP contribution in [0.3, 0.4) is 0 Å². The molecular formula is C34H39F7N4O5. The molecule has 0 aliphatic carbocycles. The number of hydrogen-bond donors (Lipinski definition) is 2. The van der Waals surface area contributed by atoms with Gasteiger partial charge in [0.2, 0.25) is 5.91 Å². The van der Waals surface area contributed by atoms with E-state index in [-0.39, 0.29) is 47.7 Å². The molecule has 0 bridgehead atoms. The molecule has 0 fully saturated rings. The molecule has 0 radical (unpaired) electrons. The number of carboxylic acids is 1. The number of carboxylic acid groups (broad SMARTS) is 1. The number of nitrogens with zero attached hydrogens (tertiary/aromatic N) is 3. The first-order valence-corrected chi connectivity index (χ1v) is 15.5. The average Bonchev–Trinajstić information content (AvgIpc) is 2.97. The van der Waals surface area contributed by atoms with E-state index in [1.54, 1.807) is 32.8 Å². The summed E-state index contributed by atoms with van der Waals surface area (Å²) in [6.45, 7) is 5.99. The molecule has 0 spiro atoms. The van der Waals surface area contributed by atoms with Crippen molar-refractivity contribution in [2.45, 2.75) is 71.4 Å². The van der Waals surface area contributed by atoms with Crippen molar-refractivity contribution in [3.63, 3.8) is 0 Å². The third-order valence-corrected chi connectivity index (χ3v) is 8.25. The van der Waals surface area contributed by atoms with Crippen LogP contribution in [-0.2, 0) is 35.4 Å². The summed E-state index contributed by atoms with van der Waals surface area (Å²) < 4.78 is 102. The zero-order valence-electron chi connectivity index (χ0n) is 28.5. The second-order valence-electron chi connectivity index (χ2n) is 12.9. The summed E-state index contributed by atoms with van der Waals surface area (Å²) in [5, 5.41) is 12.1. The van der Waals surface area contributed by atoms with E-state index in [1.165, 1.54) is 20.9 Å². The molecule has 2 heterocycles. The Labute approximate surface area is 283 Å². The van der Waals surface area contributed by atoms with Gasteiger partial charge in [-0.15, -0.1) is 0 Å². The number of hydrogen-bond acceptors (Lipinski definition) is 5. The predicted molar refractivity (Wildman–Crippen MR) is 171 cm³/mol. The number of likely N-dealkylation sites (N-methyl/N-ethyl adjacent to an activating group) is 1. The quantitative estimate of drug-likeness (QED) is 0.222. The van der Waals surface area contributed by atoms with Crippen molar-refractivity contribution in [1.82, 2.24) is 19.4 Å². The number of rotatable bonds is 12. The van der Waals surface area contributed by atoms with Gasteiger partial charge in [0.05, 0.1) is 29.2 Å². The Bertz CT molecular complexity index is 1880. The molecule has 0 saturated heterocycles. The Hall–Kier alpha value is -4.47. The van der Waals surface area contributed by atoms with Gasteiger partial charge in [-0.1, -0.05) is 13.8 Å². The topological polar surface area (TPSA) is 114 Å². The molecule has 9 nitrogen and oxygen atoms in total. The summed E-state index contributed by atoms with van der Waals surface area (Å²) >= 11 is 0. The second kappa shape index (κ2) is 15.2. The summed E-state index contributed by atoms with van der Waals surface area (Å²) in [7, 11) is 4.52. The molecule has 274 valence electrons. The number of pyridine rings is 2. The van der Waals surface area contributed by atoms with Gasteiger partial charge in [0.25, 0.3) is 11.1 Å². The van der Waals surface area contributed by atoms with E-state index in [2.05, 4.69) is 5.32 Å². The maximum atomic E-state index is 15.8. The van der Waals surface area contributed by atoms with Gasteiger partial charge < -0.3 is 24.5 Å². The first-order chi connectivity index (χ1) is 22.9. The highest BCUT2D eigenvalue weighted by atomic mass is 19.4. The number of aryl methyl sites for hydroxylation is 2. The standard InChI is InChI=1S/C34H39F7N4O5/c1-17(2)10-26(45-16-20(8-9-43(5)6)23(14-27(45)46)33(36,37)38)31(49)42-25(15-28(47)48)22-13-21(11-18(3)30(22)35)29-24(34(39,40)41)12-19(4)44(7)32(29)50/h11-14,16-17,25-26H,8-10,15H2,1-7H3,(H,42,49)(H,47,48)/t25-,26-/m1/s1. The SMILES string of the molecule is Cc1cc(-c2c(C(F)(F)F)cc(C)n(C)c2=O)cc([C@@H](CC(=O)O)NC(=O)[C@@H](CC(C)C)n2cc(CCN(C)C)c(C(F)(F)F)cc2=O)c1F. The van der Waals surface area contributed by atoms with Crippen molar-refractivity contribution < 1.29 is 45.4 Å². The monoisotopic (exact) mass is 716 g/mol. The molecule has 50 heavy (non-hydrogen) atoms. The molecule has 3 aromatic rings. The Morgan fingerprint density at radius 1 is 0.960 bits per heavy atom. The number of benzene rings is 1. The number of alkyl halides is 6. The number of aromatic nitrogens is 2. The predicted octanol–water partition coefficient (Wildman–Crippen LogP) is 6.03. The lowest BCUT2D eigenvalue weighted by Gasteiger charge is -2.27. The molecule has 2 N–H and O–H groups in total. The van der Waals surface area contributed by atoms with Crippen molar-refractivity contribution >= 4 is 11.9 Å². The smallest absolute Gasteiger partial charge is 0.417 e. The van der Waals surface area contributed by atoms with Crippen LogP contribution >= 0.6 is 0 Å². The molecule has 2 aromatic heterocycles. The number of halogens is 7. The summed E-state index contributed by atoms with van der Waals surface area (Å²) in [4.78, 5) is 53.8. The lowest BCUT2D eigenvalue weighted by molar-refractivity contribution is -0.139. The summed E-state index contributed by atoms with van der Waals surface area (Å²) in [5.74, 6) is -3.99. The van der Waals surface area contributed by atoms with Crippen LogP contribution in [0.2, 0.25) is 0 Å². The molecule has 0 saturated carbocycles. The fraction of sp³-hybridized carbons (Fsp3) is 0.471. The van der Waals surface area contributed by atoms with Gasteiger partial charge in [-0.2, -0.15) is 26.3 Å². The third kappa shape index (κ3) is 9.20. The minimum Gasteiger partial charge on any atom is -0.481 e.